The van der Waals surface area contributed by atoms with Gasteiger partial charge in [-0.1, -0.05) is 11.6 Å². The average Bonchev–Trinajstić information content (AvgIpc) is 2.51. The molecule has 96 valence electrons. The van der Waals surface area contributed by atoms with Crippen molar-refractivity contribution in [3.8, 4) is 6.07 Å². The predicted molar refractivity (Wildman–Crippen MR) is 79.0 cm³/mol. The number of aromatic nitrogens is 2. The number of nitrogens with zero attached hydrogens (tertiary/aromatic N) is 3. The molecule has 3 rings (SSSR count). The molecular formula is C15H9ClN4. The lowest BCUT2D eigenvalue weighted by atomic mass is 10.1. The maximum Gasteiger partial charge on any atom is 0.101 e. The van der Waals surface area contributed by atoms with E-state index < -0.39 is 0 Å². The molecule has 0 saturated heterocycles. The van der Waals surface area contributed by atoms with E-state index in [-0.39, 0.29) is 0 Å². The Morgan fingerprint density at radius 1 is 1.10 bits per heavy atom. The van der Waals surface area contributed by atoms with Gasteiger partial charge in [0.05, 0.1) is 33.7 Å². The first kappa shape index (κ1) is 12.4. The molecule has 0 spiro atoms. The van der Waals surface area contributed by atoms with Gasteiger partial charge in [0.1, 0.15) is 6.07 Å². The highest BCUT2D eigenvalue weighted by molar-refractivity contribution is 6.35. The van der Waals surface area contributed by atoms with Crippen LogP contribution < -0.4 is 5.32 Å². The second-order valence-electron chi connectivity index (χ2n) is 4.15. The van der Waals surface area contributed by atoms with Crippen LogP contribution in [0.3, 0.4) is 0 Å². The highest BCUT2D eigenvalue weighted by Crippen LogP contribution is 2.30. The molecular weight excluding hydrogens is 272 g/mol. The van der Waals surface area contributed by atoms with Crippen LogP contribution in [0.2, 0.25) is 5.02 Å². The number of hydrogen-bond donors (Lipinski definition) is 1. The molecule has 2 aromatic heterocycles. The molecule has 0 unspecified atom stereocenters. The van der Waals surface area contributed by atoms with Crippen molar-refractivity contribution >= 4 is 33.9 Å². The van der Waals surface area contributed by atoms with Crippen LogP contribution in [0.15, 0.2) is 48.9 Å². The minimum atomic E-state index is 0.527. The molecule has 0 aliphatic heterocycles. The van der Waals surface area contributed by atoms with Crippen molar-refractivity contribution in [3.63, 3.8) is 0 Å². The monoisotopic (exact) mass is 280 g/mol. The fourth-order valence-corrected chi connectivity index (χ4v) is 2.19. The summed E-state index contributed by atoms with van der Waals surface area (Å²) in [5, 5.41) is 13.8. The fourth-order valence-electron chi connectivity index (χ4n) is 1.98. The molecule has 0 fully saturated rings. The average molecular weight is 281 g/mol. The lowest BCUT2D eigenvalue weighted by molar-refractivity contribution is 1.30. The van der Waals surface area contributed by atoms with Crippen molar-refractivity contribution in [1.29, 1.82) is 5.26 Å². The van der Waals surface area contributed by atoms with Gasteiger partial charge in [-0.2, -0.15) is 5.26 Å². The molecule has 20 heavy (non-hydrogen) atoms. The molecule has 0 radical (unpaired) electrons. The number of anilines is 2. The summed E-state index contributed by atoms with van der Waals surface area (Å²) in [5.41, 5.74) is 2.71. The van der Waals surface area contributed by atoms with Gasteiger partial charge in [-0.3, -0.25) is 9.97 Å². The van der Waals surface area contributed by atoms with Gasteiger partial charge in [0.15, 0.2) is 0 Å². The van der Waals surface area contributed by atoms with Crippen molar-refractivity contribution in [2.24, 2.45) is 0 Å². The van der Waals surface area contributed by atoms with E-state index in [1.807, 2.05) is 18.2 Å². The summed E-state index contributed by atoms with van der Waals surface area (Å²) in [5.74, 6) is 0. The first-order valence-corrected chi connectivity index (χ1v) is 6.32. The van der Waals surface area contributed by atoms with Crippen LogP contribution in [0.5, 0.6) is 0 Å². The Labute approximate surface area is 120 Å². The molecule has 0 bridgehead atoms. The van der Waals surface area contributed by atoms with E-state index in [1.54, 1.807) is 30.7 Å². The van der Waals surface area contributed by atoms with Crippen molar-refractivity contribution in [2.75, 3.05) is 5.32 Å². The van der Waals surface area contributed by atoms with E-state index >= 15 is 0 Å². The number of hydrogen-bond acceptors (Lipinski definition) is 4. The number of benzene rings is 1. The van der Waals surface area contributed by atoms with Gasteiger partial charge in [0.2, 0.25) is 0 Å². The van der Waals surface area contributed by atoms with Crippen LogP contribution in [-0.4, -0.2) is 9.97 Å². The standard InChI is InChI=1S/C15H9ClN4/c16-12-3-4-13(15-11(12)2-1-6-19-15)20-14-9-18-7-5-10(14)8-17/h1-7,9,20H. The maximum absolute atomic E-state index is 9.10. The van der Waals surface area contributed by atoms with Gasteiger partial charge in [-0.05, 0) is 30.3 Å². The second-order valence-corrected chi connectivity index (χ2v) is 4.56. The zero-order valence-electron chi connectivity index (χ0n) is 10.3. The number of rotatable bonds is 2. The Balaban J connectivity index is 2.12. The molecule has 0 amide bonds. The molecule has 1 N–H and O–H groups in total. The highest BCUT2D eigenvalue weighted by Gasteiger charge is 2.08. The lowest BCUT2D eigenvalue weighted by Gasteiger charge is -2.10. The van der Waals surface area contributed by atoms with Gasteiger partial charge in [-0.15, -0.1) is 0 Å². The Morgan fingerprint density at radius 3 is 2.85 bits per heavy atom. The molecule has 0 aliphatic carbocycles. The van der Waals surface area contributed by atoms with Crippen molar-refractivity contribution < 1.29 is 0 Å². The van der Waals surface area contributed by atoms with E-state index in [0.29, 0.717) is 16.3 Å². The first-order valence-electron chi connectivity index (χ1n) is 5.94. The molecule has 2 heterocycles. The Bertz CT molecular complexity index is 823. The quantitative estimate of drug-likeness (QED) is 0.773. The highest BCUT2D eigenvalue weighted by atomic mass is 35.5. The summed E-state index contributed by atoms with van der Waals surface area (Å²) in [6.07, 6.45) is 4.90. The molecule has 0 saturated carbocycles. The number of nitrogens with one attached hydrogen (secondary N) is 1. The van der Waals surface area contributed by atoms with Crippen LogP contribution >= 0.6 is 11.6 Å². The normalized spacial score (nSPS) is 10.2. The summed E-state index contributed by atoms with van der Waals surface area (Å²) >= 11 is 6.16. The Morgan fingerprint density at radius 2 is 2.00 bits per heavy atom. The number of nitriles is 1. The molecule has 3 aromatic rings. The molecule has 5 heteroatoms. The van der Waals surface area contributed by atoms with E-state index in [1.165, 1.54) is 0 Å². The fraction of sp³-hybridized carbons (Fsp3) is 0. The predicted octanol–water partition coefficient (Wildman–Crippen LogP) is 3.90. The minimum Gasteiger partial charge on any atom is -0.351 e. The molecule has 1 aromatic carbocycles. The third-order valence-corrected chi connectivity index (χ3v) is 3.26. The smallest absolute Gasteiger partial charge is 0.101 e. The first-order chi connectivity index (χ1) is 9.79. The van der Waals surface area contributed by atoms with E-state index in [9.17, 15) is 0 Å². The maximum atomic E-state index is 9.10. The minimum absolute atomic E-state index is 0.527. The third-order valence-electron chi connectivity index (χ3n) is 2.93. The van der Waals surface area contributed by atoms with Crippen LogP contribution in [0.25, 0.3) is 10.9 Å². The van der Waals surface area contributed by atoms with Crippen LogP contribution in [0, 0.1) is 11.3 Å². The Hall–Kier alpha value is -2.64. The summed E-state index contributed by atoms with van der Waals surface area (Å²) in [6.45, 7) is 0. The summed E-state index contributed by atoms with van der Waals surface area (Å²) in [7, 11) is 0. The van der Waals surface area contributed by atoms with Crippen molar-refractivity contribution in [2.45, 2.75) is 0 Å². The lowest BCUT2D eigenvalue weighted by Crippen LogP contribution is -1.96. The van der Waals surface area contributed by atoms with Crippen molar-refractivity contribution in [1.82, 2.24) is 9.97 Å². The third kappa shape index (κ3) is 2.15. The van der Waals surface area contributed by atoms with Crippen LogP contribution in [0.4, 0.5) is 11.4 Å². The van der Waals surface area contributed by atoms with Crippen LogP contribution in [0.1, 0.15) is 5.56 Å². The largest absolute Gasteiger partial charge is 0.351 e. The number of halogens is 1. The molecule has 0 aliphatic rings. The Kier molecular flexibility index (Phi) is 3.20. The van der Waals surface area contributed by atoms with Gasteiger partial charge < -0.3 is 5.32 Å². The zero-order valence-corrected chi connectivity index (χ0v) is 11.1. The van der Waals surface area contributed by atoms with E-state index in [4.69, 9.17) is 16.9 Å². The van der Waals surface area contributed by atoms with Gasteiger partial charge in [0.25, 0.3) is 0 Å². The number of pyridine rings is 2. The summed E-state index contributed by atoms with van der Waals surface area (Å²) < 4.78 is 0. The van der Waals surface area contributed by atoms with Gasteiger partial charge >= 0.3 is 0 Å². The SMILES string of the molecule is N#Cc1ccncc1Nc1ccc(Cl)c2cccnc12. The zero-order chi connectivity index (χ0) is 13.9. The van der Waals surface area contributed by atoms with Gasteiger partial charge in [-0.25, -0.2) is 0 Å². The second kappa shape index (κ2) is 5.16. The summed E-state index contributed by atoms with van der Waals surface area (Å²) in [4.78, 5) is 8.37. The van der Waals surface area contributed by atoms with Crippen molar-refractivity contribution in [3.05, 3.63) is 59.5 Å². The van der Waals surface area contributed by atoms with Crippen LogP contribution in [-0.2, 0) is 0 Å². The van der Waals surface area contributed by atoms with E-state index in [2.05, 4.69) is 21.4 Å². The summed E-state index contributed by atoms with van der Waals surface area (Å²) in [6, 6.07) is 11.2. The topological polar surface area (TPSA) is 61.6 Å². The van der Waals surface area contributed by atoms with Gasteiger partial charge in [0, 0.05) is 17.8 Å². The van der Waals surface area contributed by atoms with E-state index in [0.717, 1.165) is 16.6 Å². The molecule has 0 atom stereocenters. The molecule has 4 nitrogen and oxygen atoms in total. The number of fused-ring (bicyclic) bond motifs is 1.